The van der Waals surface area contributed by atoms with E-state index in [9.17, 15) is 5.11 Å². The van der Waals surface area contributed by atoms with E-state index in [1.54, 1.807) is 0 Å². The van der Waals surface area contributed by atoms with E-state index in [2.05, 4.69) is 7.70 Å². The predicted octanol–water partition coefficient (Wildman–Crippen LogP) is 0.516. The van der Waals surface area contributed by atoms with Gasteiger partial charge in [0.15, 0.2) is 0 Å². The number of nitrogens with zero attached hydrogens (tertiary/aromatic N) is 2. The Morgan fingerprint density at radius 3 is 2.71 bits per heavy atom. The van der Waals surface area contributed by atoms with Crippen LogP contribution in [0.4, 0.5) is 0 Å². The van der Waals surface area contributed by atoms with E-state index in [1.165, 1.54) is 0 Å². The monoisotopic (exact) mass is 380 g/mol. The molecule has 2 atom stereocenters. The number of aliphatic hydroxyl groups is 1. The summed E-state index contributed by atoms with van der Waals surface area (Å²) in [6, 6.07) is 9.74. The summed E-state index contributed by atoms with van der Waals surface area (Å²) in [5, 5.41) is 10.0. The third-order valence-electron chi connectivity index (χ3n) is 2.31. The molecule has 1 aliphatic heterocycles. The van der Waals surface area contributed by atoms with Crippen molar-refractivity contribution in [2.45, 2.75) is 12.1 Å². The van der Waals surface area contributed by atoms with Gasteiger partial charge in [0.05, 0.1) is 0 Å². The van der Waals surface area contributed by atoms with E-state index in [0.29, 0.717) is 0 Å². The third kappa shape index (κ3) is 2.14. The molecular weight excluding hydrogens is 369 g/mol. The first-order chi connectivity index (χ1) is 6.77. The maximum atomic E-state index is 10.0. The number of aliphatic imine (C=N–C) groups is 1. The van der Waals surface area contributed by atoms with E-state index in [-0.39, 0.29) is 6.04 Å². The minimum atomic E-state index is -0.462. The minimum absolute atomic E-state index is 0.0161. The zero-order valence-corrected chi connectivity index (χ0v) is 12.2. The summed E-state index contributed by atoms with van der Waals surface area (Å²) in [4.78, 5) is 4.29. The van der Waals surface area contributed by atoms with E-state index in [1.807, 2.05) is 36.7 Å². The van der Waals surface area contributed by atoms with Crippen LogP contribution >= 0.6 is 0 Å². The average Bonchev–Trinajstić information content (AvgIpc) is 2.65. The van der Waals surface area contributed by atoms with Crippen LogP contribution < -0.4 is 0 Å². The van der Waals surface area contributed by atoms with Crippen LogP contribution in [0.2, 0.25) is 0 Å². The van der Waals surface area contributed by atoms with E-state index < -0.39 is 6.10 Å². The van der Waals surface area contributed by atoms with Gasteiger partial charge in [-0.3, -0.25) is 0 Å². The van der Waals surface area contributed by atoms with Gasteiger partial charge in [-0.25, -0.2) is 0 Å². The molecule has 0 aliphatic carbocycles. The Morgan fingerprint density at radius 1 is 1.43 bits per heavy atom. The number of hydrogen-bond acceptors (Lipinski definition) is 3. The molecule has 0 saturated heterocycles. The van der Waals surface area contributed by atoms with E-state index in [4.69, 9.17) is 0 Å². The molecule has 0 bridgehead atoms. The first kappa shape index (κ1) is 10.1. The van der Waals surface area contributed by atoms with Crippen molar-refractivity contribution in [3.05, 3.63) is 35.9 Å². The molecule has 1 heterocycles. The number of benzene rings is 1. The summed E-state index contributed by atoms with van der Waals surface area (Å²) in [5.41, 5.74) is 0.954. The first-order valence-corrected chi connectivity index (χ1v) is 6.56. The summed E-state index contributed by atoms with van der Waals surface area (Å²) in [5.74, 6) is 0. The third-order valence-corrected chi connectivity index (χ3v) is 3.65. The summed E-state index contributed by atoms with van der Waals surface area (Å²) in [7, 11) is 0. The maximum absolute atomic E-state index is 10.0. The molecule has 0 aromatic heterocycles. The van der Waals surface area contributed by atoms with Gasteiger partial charge < -0.3 is 0 Å². The van der Waals surface area contributed by atoms with Crippen molar-refractivity contribution in [1.29, 1.82) is 0 Å². The topological polar surface area (TPSA) is 35.8 Å². The Bertz CT molecular complexity index is 328. The zero-order valence-electron chi connectivity index (χ0n) is 7.74. The van der Waals surface area contributed by atoms with Crippen molar-refractivity contribution >= 4 is 32.4 Å². The standard InChI is InChI=1S/C10H11N2O.Tl/c13-10(9-6-11-7-12-9)8-4-2-1-3-5-8;/h1-5,7,9-10,13H,6H2;/q-1;+1. The van der Waals surface area contributed by atoms with Crippen LogP contribution in [0, 0.1) is 0 Å². The van der Waals surface area contributed by atoms with Crippen LogP contribution in [-0.2, 0) is 0 Å². The second-order valence-corrected chi connectivity index (χ2v) is 5.96. The van der Waals surface area contributed by atoms with Crippen molar-refractivity contribution in [2.75, 3.05) is 6.54 Å². The molecule has 70 valence electrons. The number of aliphatic hydroxyl groups excluding tert-OH is 1. The fraction of sp³-hybridized carbons (Fsp3) is 0.300. The number of hydrogen-bond donors (Lipinski definition) is 1. The van der Waals surface area contributed by atoms with Crippen LogP contribution in [0.1, 0.15) is 11.7 Å². The van der Waals surface area contributed by atoms with E-state index in [0.717, 1.165) is 38.2 Å². The predicted molar refractivity (Wildman–Crippen MR) is 56.1 cm³/mol. The van der Waals surface area contributed by atoms with Gasteiger partial charge in [0.1, 0.15) is 0 Å². The Morgan fingerprint density at radius 2 is 2.14 bits per heavy atom. The van der Waals surface area contributed by atoms with Gasteiger partial charge in [-0.05, 0) is 0 Å². The summed E-state index contributed by atoms with van der Waals surface area (Å²) in [6.45, 7) is 0.862. The fourth-order valence-corrected chi connectivity index (χ4v) is 2.67. The molecule has 1 aromatic rings. The van der Waals surface area contributed by atoms with E-state index >= 15 is 0 Å². The van der Waals surface area contributed by atoms with Crippen LogP contribution in [0.3, 0.4) is 0 Å². The quantitative estimate of drug-likeness (QED) is 0.761. The summed E-state index contributed by atoms with van der Waals surface area (Å²) in [6.07, 6.45) is 1.39. The summed E-state index contributed by atoms with van der Waals surface area (Å²) < 4.78 is 2.15. The molecule has 4 heteroatoms. The van der Waals surface area contributed by atoms with Gasteiger partial charge in [0, 0.05) is 0 Å². The Hall–Kier alpha value is -0.428. The Labute approximate surface area is 99.6 Å². The van der Waals surface area contributed by atoms with Gasteiger partial charge in [-0.15, -0.1) is 0 Å². The molecule has 0 amide bonds. The van der Waals surface area contributed by atoms with Crippen LogP contribution in [0.25, 0.3) is 0 Å². The molecular formula is C10H11N2OTl. The first-order valence-electron chi connectivity index (χ1n) is 4.55. The van der Waals surface area contributed by atoms with Crippen molar-refractivity contribution in [1.82, 2.24) is 2.71 Å². The second kappa shape index (κ2) is 4.39. The van der Waals surface area contributed by atoms with Crippen molar-refractivity contribution in [3.63, 3.8) is 0 Å². The molecule has 0 radical (unpaired) electrons. The van der Waals surface area contributed by atoms with Crippen LogP contribution in [0.5, 0.6) is 0 Å². The summed E-state index contributed by atoms with van der Waals surface area (Å²) >= 11 is 0.775. The molecule has 1 N–H and O–H groups in total. The molecule has 1 aromatic carbocycles. The van der Waals surface area contributed by atoms with Gasteiger partial charge in [0.25, 0.3) is 0 Å². The Kier molecular flexibility index (Phi) is 3.17. The molecule has 2 rings (SSSR count). The van der Waals surface area contributed by atoms with Gasteiger partial charge in [-0.2, -0.15) is 0 Å². The SMILES string of the molecule is OC(c1ccccc1)C1C[N]([Tl])C=N1. The molecule has 3 nitrogen and oxygen atoms in total. The molecule has 0 spiro atoms. The molecule has 2 unspecified atom stereocenters. The van der Waals surface area contributed by atoms with Crippen molar-refractivity contribution in [3.8, 4) is 0 Å². The van der Waals surface area contributed by atoms with Crippen LogP contribution in [-0.4, -0.2) is 52.8 Å². The average molecular weight is 380 g/mol. The molecule has 1 aliphatic rings. The second-order valence-electron chi connectivity index (χ2n) is 3.38. The number of rotatable bonds is 2. The normalized spacial score (nSPS) is 22.6. The molecule has 0 saturated carbocycles. The Balaban J connectivity index is 2.10. The molecule has 14 heavy (non-hydrogen) atoms. The molecule has 0 fully saturated rings. The van der Waals surface area contributed by atoms with Crippen LogP contribution in [0.15, 0.2) is 35.3 Å². The van der Waals surface area contributed by atoms with Crippen molar-refractivity contribution in [2.24, 2.45) is 4.99 Å². The van der Waals surface area contributed by atoms with Gasteiger partial charge >= 0.3 is 99.8 Å². The van der Waals surface area contributed by atoms with Crippen molar-refractivity contribution < 1.29 is 5.11 Å². The van der Waals surface area contributed by atoms with Gasteiger partial charge in [0.2, 0.25) is 0 Å². The van der Waals surface area contributed by atoms with Gasteiger partial charge in [-0.1, -0.05) is 0 Å². The zero-order chi connectivity index (χ0) is 9.97. The fourth-order valence-electron chi connectivity index (χ4n) is 1.54.